The number of aromatic nitrogens is 5. The van der Waals surface area contributed by atoms with E-state index in [0.717, 1.165) is 46.6 Å². The van der Waals surface area contributed by atoms with Crippen LogP contribution in [0, 0.1) is 17.5 Å². The Balaban J connectivity index is 1.42. The molecule has 9 nitrogen and oxygen atoms in total. The monoisotopic (exact) mass is 697 g/mol. The SMILES string of the molecule is C=CC(=O)N1C[C@H](C)n2nc(-c3nc(-c4ccc5cn(C)nc5c4)c4scc(F)c4c3-c3c(F)cc(F)cc3O[C@H]3CCN(C)C3)cc2[C@H]1C. The average molecular weight is 698 g/mol. The second-order valence-electron chi connectivity index (χ2n) is 13.2. The molecule has 4 aromatic heterocycles. The molecule has 1 fully saturated rings. The summed E-state index contributed by atoms with van der Waals surface area (Å²) in [6.45, 7) is 9.25. The molecule has 0 N–H and O–H groups in total. The summed E-state index contributed by atoms with van der Waals surface area (Å²) in [5.41, 5.74) is 3.21. The van der Waals surface area contributed by atoms with E-state index in [1.54, 1.807) is 9.58 Å². The Morgan fingerprint density at radius 3 is 2.60 bits per heavy atom. The molecule has 2 aromatic carbocycles. The lowest BCUT2D eigenvalue weighted by Gasteiger charge is -2.36. The van der Waals surface area contributed by atoms with Gasteiger partial charge in [0.1, 0.15) is 40.7 Å². The van der Waals surface area contributed by atoms with E-state index in [-0.39, 0.29) is 52.1 Å². The van der Waals surface area contributed by atoms with Gasteiger partial charge in [-0.1, -0.05) is 18.7 Å². The maximum atomic E-state index is 16.4. The third kappa shape index (κ3) is 5.26. The molecule has 8 rings (SSSR count). The lowest BCUT2D eigenvalue weighted by Crippen LogP contribution is -2.42. The fourth-order valence-electron chi connectivity index (χ4n) is 7.32. The fraction of sp³-hybridized carbons (Fsp3) is 0.297. The van der Waals surface area contributed by atoms with Crippen LogP contribution in [0.15, 0.2) is 60.6 Å². The molecule has 1 amide bonds. The average Bonchev–Trinajstić information content (AvgIpc) is 3.88. The minimum absolute atomic E-state index is 0.0335. The molecule has 1 saturated heterocycles. The molecule has 0 bridgehead atoms. The summed E-state index contributed by atoms with van der Waals surface area (Å²) < 4.78 is 58.0. The van der Waals surface area contributed by atoms with E-state index in [4.69, 9.17) is 14.8 Å². The third-order valence-electron chi connectivity index (χ3n) is 9.72. The normalized spacial score (nSPS) is 19.4. The molecule has 50 heavy (non-hydrogen) atoms. The van der Waals surface area contributed by atoms with Crippen molar-refractivity contribution >= 4 is 38.2 Å². The van der Waals surface area contributed by atoms with Gasteiger partial charge in [0.25, 0.3) is 0 Å². The lowest BCUT2D eigenvalue weighted by atomic mass is 9.94. The second kappa shape index (κ2) is 12.1. The molecule has 0 unspecified atom stereocenters. The number of hydrogen-bond acceptors (Lipinski definition) is 7. The highest BCUT2D eigenvalue weighted by Crippen LogP contribution is 2.49. The zero-order valence-corrected chi connectivity index (χ0v) is 28.8. The van der Waals surface area contributed by atoms with Crippen LogP contribution in [-0.4, -0.2) is 73.0 Å². The van der Waals surface area contributed by atoms with Crippen molar-refractivity contribution in [3.8, 4) is 39.5 Å². The number of aryl methyl sites for hydroxylation is 1. The standard InChI is InChI=1S/C37H34F3N7O2S/c1-6-31(48)46-15-19(2)47-29(20(46)3)14-28(43-47)36-34(32-25(39)12-23(38)13-30(32)49-24-9-10-44(4)17-24)33-26(40)18-50-37(33)35(41-36)21-7-8-22-16-45(5)42-27(22)11-21/h6-8,11-14,16,18-20,24H,1,9-10,15,17H2,2-5H3/t19-,20+,24-/m0/s1. The van der Waals surface area contributed by atoms with Crippen LogP contribution in [0.1, 0.15) is 38.0 Å². The van der Waals surface area contributed by atoms with E-state index in [2.05, 4.69) is 16.6 Å². The van der Waals surface area contributed by atoms with Crippen molar-refractivity contribution in [2.75, 3.05) is 26.7 Å². The Bertz CT molecular complexity index is 2350. The lowest BCUT2D eigenvalue weighted by molar-refractivity contribution is -0.129. The Labute approximate surface area is 290 Å². The summed E-state index contributed by atoms with van der Waals surface area (Å²) in [7, 11) is 3.79. The van der Waals surface area contributed by atoms with Gasteiger partial charge in [-0.25, -0.2) is 18.2 Å². The number of carbonyl (C=O) groups excluding carboxylic acids is 1. The highest BCUT2D eigenvalue weighted by atomic mass is 32.1. The third-order valence-corrected chi connectivity index (χ3v) is 10.7. The summed E-state index contributed by atoms with van der Waals surface area (Å²) >= 11 is 1.15. The van der Waals surface area contributed by atoms with Gasteiger partial charge < -0.3 is 14.5 Å². The van der Waals surface area contributed by atoms with Crippen LogP contribution in [-0.2, 0) is 11.8 Å². The van der Waals surface area contributed by atoms with Gasteiger partial charge in [0.2, 0.25) is 5.91 Å². The van der Waals surface area contributed by atoms with Crippen molar-refractivity contribution in [3.05, 3.63) is 83.8 Å². The summed E-state index contributed by atoms with van der Waals surface area (Å²) in [5, 5.41) is 12.0. The largest absolute Gasteiger partial charge is 0.488 e. The number of likely N-dealkylation sites (N-methyl/N-ethyl adjacent to an activating group) is 1. The maximum Gasteiger partial charge on any atom is 0.246 e. The van der Waals surface area contributed by atoms with Crippen molar-refractivity contribution in [2.45, 2.75) is 38.5 Å². The molecule has 0 saturated carbocycles. The molecule has 0 aliphatic carbocycles. The number of benzene rings is 2. The van der Waals surface area contributed by atoms with Gasteiger partial charge in [0.15, 0.2) is 0 Å². The quantitative estimate of drug-likeness (QED) is 0.168. The van der Waals surface area contributed by atoms with E-state index in [9.17, 15) is 9.18 Å². The van der Waals surface area contributed by atoms with Crippen LogP contribution in [0.4, 0.5) is 13.2 Å². The summed E-state index contributed by atoms with van der Waals surface area (Å²) in [4.78, 5) is 21.8. The van der Waals surface area contributed by atoms with Crippen molar-refractivity contribution in [2.24, 2.45) is 7.05 Å². The van der Waals surface area contributed by atoms with Gasteiger partial charge >= 0.3 is 0 Å². The molecule has 6 aromatic rings. The molecular formula is C37H34F3N7O2S. The molecule has 0 spiro atoms. The number of carbonyl (C=O) groups is 1. The summed E-state index contributed by atoms with van der Waals surface area (Å²) in [6, 6.07) is 8.89. The number of fused-ring (bicyclic) bond motifs is 3. The van der Waals surface area contributed by atoms with Crippen LogP contribution in [0.2, 0.25) is 0 Å². The number of pyridine rings is 1. The first kappa shape index (κ1) is 32.2. The number of likely N-dealkylation sites (tertiary alicyclic amines) is 1. The van der Waals surface area contributed by atoms with Crippen LogP contribution < -0.4 is 4.74 Å². The van der Waals surface area contributed by atoms with E-state index in [0.29, 0.717) is 41.2 Å². The highest BCUT2D eigenvalue weighted by Gasteiger charge is 2.35. The molecule has 3 atom stereocenters. The smallest absolute Gasteiger partial charge is 0.246 e. The molecule has 256 valence electrons. The molecule has 2 aliphatic rings. The number of rotatable bonds is 6. The first-order valence-electron chi connectivity index (χ1n) is 16.4. The molecule has 0 radical (unpaired) electrons. The Morgan fingerprint density at radius 2 is 1.84 bits per heavy atom. The minimum atomic E-state index is -0.905. The molecule has 13 heteroatoms. The zero-order chi connectivity index (χ0) is 35.0. The van der Waals surface area contributed by atoms with Crippen molar-refractivity contribution in [1.82, 2.24) is 34.3 Å². The number of nitrogens with zero attached hydrogens (tertiary/aromatic N) is 7. The van der Waals surface area contributed by atoms with Gasteiger partial charge in [-0.3, -0.25) is 14.2 Å². The van der Waals surface area contributed by atoms with Gasteiger partial charge in [-0.05, 0) is 45.5 Å². The van der Waals surface area contributed by atoms with E-state index >= 15 is 8.78 Å². The number of halogens is 3. The van der Waals surface area contributed by atoms with E-state index in [1.807, 2.05) is 63.1 Å². The van der Waals surface area contributed by atoms with Gasteiger partial charge in [-0.15, -0.1) is 11.3 Å². The topological polar surface area (TPSA) is 81.3 Å². The maximum absolute atomic E-state index is 16.4. The van der Waals surface area contributed by atoms with Crippen LogP contribution >= 0.6 is 11.3 Å². The first-order chi connectivity index (χ1) is 24.0. The molecule has 6 heterocycles. The second-order valence-corrected chi connectivity index (χ2v) is 14.1. The number of hydrogen-bond donors (Lipinski definition) is 0. The molecule has 2 aliphatic heterocycles. The summed E-state index contributed by atoms with van der Waals surface area (Å²) in [5.74, 6) is -2.53. The van der Waals surface area contributed by atoms with Crippen LogP contribution in [0.5, 0.6) is 5.75 Å². The van der Waals surface area contributed by atoms with Crippen molar-refractivity contribution in [1.29, 1.82) is 0 Å². The van der Waals surface area contributed by atoms with E-state index < -0.39 is 17.5 Å². The summed E-state index contributed by atoms with van der Waals surface area (Å²) in [6.07, 6.45) is 3.54. The number of ether oxygens (including phenoxy) is 1. The van der Waals surface area contributed by atoms with E-state index in [1.165, 1.54) is 11.5 Å². The van der Waals surface area contributed by atoms with Crippen molar-refractivity contribution in [3.63, 3.8) is 0 Å². The van der Waals surface area contributed by atoms with Gasteiger partial charge in [0.05, 0.1) is 39.3 Å². The van der Waals surface area contributed by atoms with Crippen LogP contribution in [0.25, 0.3) is 54.8 Å². The Hall–Kier alpha value is -5.01. The first-order valence-corrected chi connectivity index (χ1v) is 17.3. The number of amides is 1. The Kier molecular flexibility index (Phi) is 7.79. The Morgan fingerprint density at radius 1 is 1.02 bits per heavy atom. The zero-order valence-electron chi connectivity index (χ0n) is 28.0. The minimum Gasteiger partial charge on any atom is -0.488 e. The van der Waals surface area contributed by atoms with Crippen LogP contribution in [0.3, 0.4) is 0 Å². The van der Waals surface area contributed by atoms with Gasteiger partial charge in [0, 0.05) is 72.3 Å². The predicted molar refractivity (Wildman–Crippen MR) is 187 cm³/mol. The number of thiophene rings is 1. The predicted octanol–water partition coefficient (Wildman–Crippen LogP) is 7.53. The van der Waals surface area contributed by atoms with Crippen molar-refractivity contribution < 1.29 is 22.7 Å². The molecular weight excluding hydrogens is 664 g/mol. The van der Waals surface area contributed by atoms with Gasteiger partial charge in [-0.2, -0.15) is 10.2 Å². The highest BCUT2D eigenvalue weighted by molar-refractivity contribution is 7.17. The fourth-order valence-corrected chi connectivity index (χ4v) is 8.25.